The van der Waals surface area contributed by atoms with Crippen molar-refractivity contribution in [3.05, 3.63) is 0 Å². The predicted molar refractivity (Wildman–Crippen MR) is 59.6 cm³/mol. The summed E-state index contributed by atoms with van der Waals surface area (Å²) in [4.78, 5) is 0. The van der Waals surface area contributed by atoms with Crippen LogP contribution in [-0.2, 0) is 10.0 Å². The van der Waals surface area contributed by atoms with E-state index >= 15 is 0 Å². The lowest BCUT2D eigenvalue weighted by Crippen LogP contribution is -2.54. The van der Waals surface area contributed by atoms with Crippen LogP contribution in [0.2, 0.25) is 0 Å². The van der Waals surface area contributed by atoms with E-state index in [0.29, 0.717) is 19.4 Å². The highest BCUT2D eigenvalue weighted by molar-refractivity contribution is 7.90. The summed E-state index contributed by atoms with van der Waals surface area (Å²) in [5.41, 5.74) is 5.14. The number of sulfonamides is 1. The first-order chi connectivity index (χ1) is 6.33. The maximum Gasteiger partial charge on any atom is 0.214 e. The molecule has 4 nitrogen and oxygen atoms in total. The molecule has 0 amide bonds. The van der Waals surface area contributed by atoms with Gasteiger partial charge in [0.1, 0.15) is 0 Å². The van der Waals surface area contributed by atoms with Gasteiger partial charge in [0, 0.05) is 12.1 Å². The van der Waals surface area contributed by atoms with Crippen LogP contribution in [-0.4, -0.2) is 25.8 Å². The minimum absolute atomic E-state index is 0.339. The fourth-order valence-corrected chi connectivity index (χ4v) is 2.36. The SMILES string of the molecule is CCC(CC)(CN)NS(=O)(=O)C(C)C. The molecule has 0 aromatic heterocycles. The van der Waals surface area contributed by atoms with Crippen LogP contribution in [0.1, 0.15) is 40.5 Å². The maximum atomic E-state index is 11.7. The average molecular weight is 222 g/mol. The molecule has 0 aliphatic heterocycles. The molecule has 86 valence electrons. The molecule has 0 spiro atoms. The van der Waals surface area contributed by atoms with Crippen LogP contribution in [0.5, 0.6) is 0 Å². The van der Waals surface area contributed by atoms with Gasteiger partial charge < -0.3 is 5.73 Å². The van der Waals surface area contributed by atoms with Crippen molar-refractivity contribution in [3.8, 4) is 0 Å². The van der Waals surface area contributed by atoms with Crippen LogP contribution >= 0.6 is 0 Å². The first-order valence-electron chi connectivity index (χ1n) is 5.06. The maximum absolute atomic E-state index is 11.7. The van der Waals surface area contributed by atoms with Gasteiger partial charge in [-0.1, -0.05) is 13.8 Å². The third kappa shape index (κ3) is 3.22. The fourth-order valence-electron chi connectivity index (χ4n) is 1.14. The van der Waals surface area contributed by atoms with Crippen molar-refractivity contribution >= 4 is 10.0 Å². The zero-order chi connectivity index (χ0) is 11.4. The Morgan fingerprint density at radius 1 is 1.29 bits per heavy atom. The van der Waals surface area contributed by atoms with Crippen LogP contribution < -0.4 is 10.5 Å². The van der Waals surface area contributed by atoms with E-state index < -0.39 is 20.8 Å². The summed E-state index contributed by atoms with van der Waals surface area (Å²) < 4.78 is 26.0. The minimum atomic E-state index is -3.22. The van der Waals surface area contributed by atoms with Gasteiger partial charge in [-0.05, 0) is 26.7 Å². The second-order valence-corrected chi connectivity index (χ2v) is 6.12. The summed E-state index contributed by atoms with van der Waals surface area (Å²) in [6.07, 6.45) is 1.43. The van der Waals surface area contributed by atoms with Crippen molar-refractivity contribution in [3.63, 3.8) is 0 Å². The lowest BCUT2D eigenvalue weighted by Gasteiger charge is -2.31. The Balaban J connectivity index is 4.78. The number of hydrogen-bond donors (Lipinski definition) is 2. The van der Waals surface area contributed by atoms with Crippen LogP contribution in [0, 0.1) is 0 Å². The fraction of sp³-hybridized carbons (Fsp3) is 1.00. The monoisotopic (exact) mass is 222 g/mol. The smallest absolute Gasteiger partial charge is 0.214 e. The van der Waals surface area contributed by atoms with Crippen LogP contribution in [0.3, 0.4) is 0 Å². The average Bonchev–Trinajstić information content (AvgIpc) is 2.14. The van der Waals surface area contributed by atoms with Crippen molar-refractivity contribution in [2.24, 2.45) is 5.73 Å². The van der Waals surface area contributed by atoms with Crippen LogP contribution in [0.4, 0.5) is 0 Å². The molecule has 0 atom stereocenters. The molecular weight excluding hydrogens is 200 g/mol. The number of nitrogens with two attached hydrogens (primary N) is 1. The summed E-state index contributed by atoms with van der Waals surface area (Å²) in [6.45, 7) is 7.55. The standard InChI is InChI=1S/C9H22N2O2S/c1-5-9(6-2,7-10)11-14(12,13)8(3)4/h8,11H,5-7,10H2,1-4H3. The molecule has 3 N–H and O–H groups in total. The van der Waals surface area contributed by atoms with E-state index in [2.05, 4.69) is 4.72 Å². The van der Waals surface area contributed by atoms with Crippen LogP contribution in [0.15, 0.2) is 0 Å². The lowest BCUT2D eigenvalue weighted by molar-refractivity contribution is 0.362. The summed E-state index contributed by atoms with van der Waals surface area (Å²) >= 11 is 0. The minimum Gasteiger partial charge on any atom is -0.329 e. The molecule has 0 unspecified atom stereocenters. The summed E-state index contributed by atoms with van der Waals surface area (Å²) in [7, 11) is -3.22. The Morgan fingerprint density at radius 3 is 1.93 bits per heavy atom. The molecule has 0 rings (SSSR count). The van der Waals surface area contributed by atoms with Gasteiger partial charge >= 0.3 is 0 Å². The third-order valence-electron chi connectivity index (χ3n) is 2.72. The Bertz CT molecular complexity index is 248. The molecule has 14 heavy (non-hydrogen) atoms. The van der Waals surface area contributed by atoms with E-state index in [1.807, 2.05) is 13.8 Å². The molecule has 5 heteroatoms. The number of hydrogen-bond acceptors (Lipinski definition) is 3. The van der Waals surface area contributed by atoms with E-state index in [1.54, 1.807) is 13.8 Å². The Hall–Kier alpha value is -0.130. The van der Waals surface area contributed by atoms with Crippen molar-refractivity contribution in [2.45, 2.75) is 51.3 Å². The van der Waals surface area contributed by atoms with Gasteiger partial charge in [0.25, 0.3) is 0 Å². The van der Waals surface area contributed by atoms with Crippen molar-refractivity contribution < 1.29 is 8.42 Å². The van der Waals surface area contributed by atoms with E-state index in [9.17, 15) is 8.42 Å². The van der Waals surface area contributed by atoms with Gasteiger partial charge in [-0.3, -0.25) is 0 Å². The summed E-state index contributed by atoms with van der Waals surface area (Å²) in [5, 5.41) is -0.411. The zero-order valence-electron chi connectivity index (χ0n) is 9.50. The first-order valence-corrected chi connectivity index (χ1v) is 6.61. The lowest BCUT2D eigenvalue weighted by atomic mass is 9.95. The van der Waals surface area contributed by atoms with Gasteiger partial charge in [-0.25, -0.2) is 13.1 Å². The van der Waals surface area contributed by atoms with E-state index in [0.717, 1.165) is 0 Å². The molecule has 0 fully saturated rings. The topological polar surface area (TPSA) is 72.2 Å². The third-order valence-corrected chi connectivity index (χ3v) is 4.68. The van der Waals surface area contributed by atoms with Crippen LogP contribution in [0.25, 0.3) is 0 Å². The van der Waals surface area contributed by atoms with Gasteiger partial charge in [-0.2, -0.15) is 0 Å². The molecule has 0 heterocycles. The highest BCUT2D eigenvalue weighted by atomic mass is 32.2. The van der Waals surface area contributed by atoms with E-state index in [4.69, 9.17) is 5.73 Å². The largest absolute Gasteiger partial charge is 0.329 e. The molecule has 0 saturated carbocycles. The molecule has 0 radical (unpaired) electrons. The van der Waals surface area contributed by atoms with Crippen molar-refractivity contribution in [1.29, 1.82) is 0 Å². The molecule has 0 aromatic rings. The highest BCUT2D eigenvalue weighted by Gasteiger charge is 2.31. The van der Waals surface area contributed by atoms with Gasteiger partial charge in [-0.15, -0.1) is 0 Å². The normalized spacial score (nSPS) is 13.6. The summed E-state index contributed by atoms with van der Waals surface area (Å²) in [6, 6.07) is 0. The molecule has 0 aliphatic carbocycles. The second-order valence-electron chi connectivity index (χ2n) is 3.89. The Kier molecular flexibility index (Phi) is 5.05. The number of rotatable bonds is 6. The Morgan fingerprint density at radius 2 is 1.71 bits per heavy atom. The molecule has 0 aromatic carbocycles. The van der Waals surface area contributed by atoms with E-state index in [1.165, 1.54) is 0 Å². The van der Waals surface area contributed by atoms with Crippen molar-refractivity contribution in [2.75, 3.05) is 6.54 Å². The molecule has 0 bridgehead atoms. The molecule has 0 saturated heterocycles. The highest BCUT2D eigenvalue weighted by Crippen LogP contribution is 2.16. The predicted octanol–water partition coefficient (Wildman–Crippen LogP) is 0.832. The van der Waals surface area contributed by atoms with Crippen molar-refractivity contribution in [1.82, 2.24) is 4.72 Å². The van der Waals surface area contributed by atoms with Gasteiger partial charge in [0.05, 0.1) is 5.25 Å². The van der Waals surface area contributed by atoms with Gasteiger partial charge in [0.2, 0.25) is 10.0 Å². The molecule has 0 aliphatic rings. The summed E-state index contributed by atoms with van der Waals surface area (Å²) in [5.74, 6) is 0. The second kappa shape index (κ2) is 5.09. The van der Waals surface area contributed by atoms with E-state index in [-0.39, 0.29) is 0 Å². The van der Waals surface area contributed by atoms with Gasteiger partial charge in [0.15, 0.2) is 0 Å². The Labute approximate surface area is 87.3 Å². The number of nitrogens with one attached hydrogen (secondary N) is 1. The quantitative estimate of drug-likeness (QED) is 0.699. The first kappa shape index (κ1) is 13.9. The molecular formula is C9H22N2O2S. The zero-order valence-corrected chi connectivity index (χ0v) is 10.3.